The van der Waals surface area contributed by atoms with Crippen LogP contribution in [0.4, 0.5) is 0 Å². The molecule has 0 saturated heterocycles. The third-order valence-corrected chi connectivity index (χ3v) is 3.38. The van der Waals surface area contributed by atoms with E-state index in [1.807, 2.05) is 12.1 Å². The Morgan fingerprint density at radius 2 is 2.10 bits per heavy atom. The zero-order chi connectivity index (χ0) is 15.1. The van der Waals surface area contributed by atoms with E-state index >= 15 is 0 Å². The zero-order valence-electron chi connectivity index (χ0n) is 12.6. The van der Waals surface area contributed by atoms with E-state index in [-0.39, 0.29) is 0 Å². The second-order valence-corrected chi connectivity index (χ2v) is 5.16. The summed E-state index contributed by atoms with van der Waals surface area (Å²) in [6.07, 6.45) is 2.71. The normalized spacial score (nSPS) is 11.2. The van der Waals surface area contributed by atoms with Crippen molar-refractivity contribution in [3.63, 3.8) is 0 Å². The molecule has 0 saturated carbocycles. The summed E-state index contributed by atoms with van der Waals surface area (Å²) in [5.74, 6) is 2.12. The molecule has 0 aromatic carbocycles. The van der Waals surface area contributed by atoms with Gasteiger partial charge in [-0.1, -0.05) is 6.92 Å². The highest BCUT2D eigenvalue weighted by atomic mass is 35.5. The predicted molar refractivity (Wildman–Crippen MR) is 84.2 cm³/mol. The number of pyridine rings is 1. The van der Waals surface area contributed by atoms with Crippen molar-refractivity contribution in [1.29, 1.82) is 0 Å². The van der Waals surface area contributed by atoms with Gasteiger partial charge in [0.25, 0.3) is 0 Å². The van der Waals surface area contributed by atoms with Gasteiger partial charge >= 0.3 is 0 Å². The van der Waals surface area contributed by atoms with Gasteiger partial charge in [0, 0.05) is 38.1 Å². The molecule has 0 aliphatic heterocycles. The lowest BCUT2D eigenvalue weighted by Gasteiger charge is -2.08. The molecule has 5 nitrogen and oxygen atoms in total. The highest BCUT2D eigenvalue weighted by Crippen LogP contribution is 2.19. The Hall–Kier alpha value is -1.33. The number of hydrogen-bond acceptors (Lipinski definition) is 4. The van der Waals surface area contributed by atoms with E-state index < -0.39 is 0 Å². The van der Waals surface area contributed by atoms with E-state index in [9.17, 15) is 0 Å². The van der Waals surface area contributed by atoms with Crippen molar-refractivity contribution < 1.29 is 9.47 Å². The highest BCUT2D eigenvalue weighted by molar-refractivity contribution is 6.17. The lowest BCUT2D eigenvalue weighted by atomic mass is 10.4. The van der Waals surface area contributed by atoms with Gasteiger partial charge in [0.05, 0.1) is 7.11 Å². The Bertz CT molecular complexity index is 571. The van der Waals surface area contributed by atoms with Crippen molar-refractivity contribution in [1.82, 2.24) is 14.5 Å². The van der Waals surface area contributed by atoms with Gasteiger partial charge in [0.15, 0.2) is 5.65 Å². The number of fused-ring (bicyclic) bond motifs is 1. The number of aryl methyl sites for hydroxylation is 2. The van der Waals surface area contributed by atoms with Crippen molar-refractivity contribution >= 4 is 22.8 Å². The Morgan fingerprint density at radius 3 is 2.81 bits per heavy atom. The number of halogens is 1. The van der Waals surface area contributed by atoms with E-state index in [4.69, 9.17) is 21.1 Å². The van der Waals surface area contributed by atoms with Crippen LogP contribution in [0.2, 0.25) is 0 Å². The molecule has 0 unspecified atom stereocenters. The second kappa shape index (κ2) is 8.20. The van der Waals surface area contributed by atoms with Crippen LogP contribution in [0.3, 0.4) is 0 Å². The molecule has 0 aliphatic carbocycles. The van der Waals surface area contributed by atoms with Crippen molar-refractivity contribution in [2.45, 2.75) is 32.7 Å². The molecule has 2 heterocycles. The predicted octanol–water partition coefficient (Wildman–Crippen LogP) is 3.04. The molecule has 6 heteroatoms. The van der Waals surface area contributed by atoms with Crippen molar-refractivity contribution in [3.8, 4) is 5.88 Å². The molecule has 116 valence electrons. The molecule has 0 radical (unpaired) electrons. The molecule has 0 atom stereocenters. The number of nitrogens with zero attached hydrogens (tertiary/aromatic N) is 3. The molecule has 0 aliphatic rings. The number of aromatic nitrogens is 3. The Kier molecular flexibility index (Phi) is 6.26. The smallest absolute Gasteiger partial charge is 0.215 e. The third-order valence-electron chi connectivity index (χ3n) is 3.19. The molecule has 0 fully saturated rings. The summed E-state index contributed by atoms with van der Waals surface area (Å²) >= 11 is 5.87. The molecular formula is C15H22ClN3O2. The average molecular weight is 312 g/mol. The van der Waals surface area contributed by atoms with Crippen molar-refractivity contribution in [3.05, 3.63) is 18.0 Å². The van der Waals surface area contributed by atoms with Gasteiger partial charge in [-0.3, -0.25) is 0 Å². The summed E-state index contributed by atoms with van der Waals surface area (Å²) in [6, 6.07) is 3.76. The fourth-order valence-corrected chi connectivity index (χ4v) is 2.40. The van der Waals surface area contributed by atoms with Crippen LogP contribution in [0.25, 0.3) is 11.2 Å². The SMILES string of the molecule is CCCOCCCn1c(CCCl)nc2ccc(OC)nc21. The van der Waals surface area contributed by atoms with E-state index in [0.29, 0.717) is 11.8 Å². The van der Waals surface area contributed by atoms with E-state index in [1.54, 1.807) is 7.11 Å². The summed E-state index contributed by atoms with van der Waals surface area (Å²) < 4.78 is 12.9. The number of ether oxygens (including phenoxy) is 2. The van der Waals surface area contributed by atoms with Gasteiger partial charge in [-0.15, -0.1) is 11.6 Å². The first-order valence-corrected chi connectivity index (χ1v) is 7.87. The van der Waals surface area contributed by atoms with Gasteiger partial charge in [-0.2, -0.15) is 4.98 Å². The van der Waals surface area contributed by atoms with Crippen LogP contribution in [0.5, 0.6) is 5.88 Å². The molecule has 0 bridgehead atoms. The number of methoxy groups -OCH3 is 1. The minimum atomic E-state index is 0.548. The average Bonchev–Trinajstić information content (AvgIpc) is 2.84. The van der Waals surface area contributed by atoms with Crippen molar-refractivity contribution in [2.75, 3.05) is 26.2 Å². The fraction of sp³-hybridized carbons (Fsp3) is 0.600. The summed E-state index contributed by atoms with van der Waals surface area (Å²) in [6.45, 7) is 4.49. The summed E-state index contributed by atoms with van der Waals surface area (Å²) in [4.78, 5) is 9.12. The minimum absolute atomic E-state index is 0.548. The van der Waals surface area contributed by atoms with E-state index in [0.717, 1.165) is 56.0 Å². The molecular weight excluding hydrogens is 290 g/mol. The van der Waals surface area contributed by atoms with Crippen molar-refractivity contribution in [2.24, 2.45) is 0 Å². The Labute approximate surface area is 130 Å². The first-order valence-electron chi connectivity index (χ1n) is 7.34. The van der Waals surface area contributed by atoms with Crippen LogP contribution in [0.15, 0.2) is 12.1 Å². The lowest BCUT2D eigenvalue weighted by molar-refractivity contribution is 0.129. The summed E-state index contributed by atoms with van der Waals surface area (Å²) in [5.41, 5.74) is 1.73. The van der Waals surface area contributed by atoms with E-state index in [1.165, 1.54) is 0 Å². The monoisotopic (exact) mass is 311 g/mol. The first kappa shape index (κ1) is 16.0. The van der Waals surface area contributed by atoms with Crippen LogP contribution in [0, 0.1) is 0 Å². The number of rotatable bonds is 9. The first-order chi connectivity index (χ1) is 10.3. The Balaban J connectivity index is 2.18. The summed E-state index contributed by atoms with van der Waals surface area (Å²) in [7, 11) is 1.62. The number of hydrogen-bond donors (Lipinski definition) is 0. The molecule has 21 heavy (non-hydrogen) atoms. The molecule has 2 rings (SSSR count). The fourth-order valence-electron chi connectivity index (χ4n) is 2.23. The topological polar surface area (TPSA) is 49.2 Å². The molecule has 0 spiro atoms. The third kappa shape index (κ3) is 4.08. The molecule has 2 aromatic heterocycles. The van der Waals surface area contributed by atoms with Crippen LogP contribution in [0.1, 0.15) is 25.6 Å². The van der Waals surface area contributed by atoms with Crippen LogP contribution < -0.4 is 4.74 Å². The maximum Gasteiger partial charge on any atom is 0.215 e. The molecule has 2 aromatic rings. The maximum atomic E-state index is 5.87. The Morgan fingerprint density at radius 1 is 1.24 bits per heavy atom. The van der Waals surface area contributed by atoms with Crippen LogP contribution in [-0.4, -0.2) is 40.7 Å². The number of imidazole rings is 1. The van der Waals surface area contributed by atoms with Gasteiger partial charge in [-0.05, 0) is 18.9 Å². The van der Waals surface area contributed by atoms with Gasteiger partial charge in [0.2, 0.25) is 5.88 Å². The highest BCUT2D eigenvalue weighted by Gasteiger charge is 2.12. The van der Waals surface area contributed by atoms with Gasteiger partial charge < -0.3 is 14.0 Å². The quantitative estimate of drug-likeness (QED) is 0.527. The van der Waals surface area contributed by atoms with Gasteiger partial charge in [-0.25, -0.2) is 4.98 Å². The standard InChI is InChI=1S/C15H22ClN3O2/c1-3-10-21-11-4-9-19-13(7-8-16)17-12-5-6-14(20-2)18-15(12)19/h5-6H,3-4,7-11H2,1-2H3. The molecule has 0 N–H and O–H groups in total. The lowest BCUT2D eigenvalue weighted by Crippen LogP contribution is -2.08. The van der Waals surface area contributed by atoms with Crippen LogP contribution >= 0.6 is 11.6 Å². The largest absolute Gasteiger partial charge is 0.481 e. The summed E-state index contributed by atoms with van der Waals surface area (Å²) in [5, 5.41) is 0. The van der Waals surface area contributed by atoms with Crippen LogP contribution in [-0.2, 0) is 17.7 Å². The van der Waals surface area contributed by atoms with E-state index in [2.05, 4.69) is 21.5 Å². The second-order valence-electron chi connectivity index (χ2n) is 4.78. The number of alkyl halides is 1. The minimum Gasteiger partial charge on any atom is -0.481 e. The molecule has 0 amide bonds. The maximum absolute atomic E-state index is 5.87. The van der Waals surface area contributed by atoms with Gasteiger partial charge in [0.1, 0.15) is 11.3 Å². The zero-order valence-corrected chi connectivity index (χ0v) is 13.4.